The van der Waals surface area contributed by atoms with Crippen molar-refractivity contribution in [3.05, 3.63) is 52.3 Å². The van der Waals surface area contributed by atoms with E-state index in [1.54, 1.807) is 18.3 Å². The normalized spacial score (nSPS) is 10.5. The molecule has 0 saturated heterocycles. The Balaban J connectivity index is 2.32. The first kappa shape index (κ1) is 14.0. The Morgan fingerprint density at radius 1 is 1.21 bits per heavy atom. The standard InChI is InChI=1S/C14H15Cl2N3/c1-2-19(9-11-5-3-4-6-18-11)14-12(15)7-10(17)8-13(14)16/h3-8H,2,9,17H2,1H3. The zero-order valence-corrected chi connectivity index (χ0v) is 12.1. The van der Waals surface area contributed by atoms with Crippen LogP contribution < -0.4 is 10.6 Å². The molecule has 0 unspecified atom stereocenters. The zero-order chi connectivity index (χ0) is 13.8. The Morgan fingerprint density at radius 3 is 2.42 bits per heavy atom. The van der Waals surface area contributed by atoms with Crippen molar-refractivity contribution in [1.29, 1.82) is 0 Å². The highest BCUT2D eigenvalue weighted by Crippen LogP contribution is 2.36. The van der Waals surface area contributed by atoms with Gasteiger partial charge in [-0.3, -0.25) is 4.98 Å². The highest BCUT2D eigenvalue weighted by atomic mass is 35.5. The maximum atomic E-state index is 6.25. The Morgan fingerprint density at radius 2 is 1.89 bits per heavy atom. The van der Waals surface area contributed by atoms with Crippen LogP contribution in [0.3, 0.4) is 0 Å². The molecule has 3 nitrogen and oxygen atoms in total. The summed E-state index contributed by atoms with van der Waals surface area (Å²) in [5.41, 5.74) is 8.05. The number of nitrogen functional groups attached to an aromatic ring is 1. The summed E-state index contributed by atoms with van der Waals surface area (Å²) in [4.78, 5) is 6.39. The number of halogens is 2. The van der Waals surface area contributed by atoms with E-state index in [-0.39, 0.29) is 0 Å². The van der Waals surface area contributed by atoms with Gasteiger partial charge in [0, 0.05) is 18.4 Å². The van der Waals surface area contributed by atoms with Gasteiger partial charge in [-0.05, 0) is 31.2 Å². The van der Waals surface area contributed by atoms with Crippen LogP contribution in [-0.2, 0) is 6.54 Å². The predicted molar refractivity (Wildman–Crippen MR) is 81.8 cm³/mol. The van der Waals surface area contributed by atoms with Crippen molar-refractivity contribution in [1.82, 2.24) is 4.98 Å². The molecule has 0 bridgehead atoms. The van der Waals surface area contributed by atoms with Gasteiger partial charge in [0.2, 0.25) is 0 Å². The van der Waals surface area contributed by atoms with Gasteiger partial charge in [-0.1, -0.05) is 29.3 Å². The van der Waals surface area contributed by atoms with Crippen LogP contribution in [0.4, 0.5) is 11.4 Å². The van der Waals surface area contributed by atoms with Gasteiger partial charge in [0.05, 0.1) is 28.0 Å². The van der Waals surface area contributed by atoms with Gasteiger partial charge in [0.15, 0.2) is 0 Å². The first-order valence-corrected chi connectivity index (χ1v) is 6.76. The first-order chi connectivity index (χ1) is 9.11. The highest BCUT2D eigenvalue weighted by molar-refractivity contribution is 6.39. The maximum absolute atomic E-state index is 6.25. The molecule has 2 N–H and O–H groups in total. The Kier molecular flexibility index (Phi) is 4.51. The summed E-state index contributed by atoms with van der Waals surface area (Å²) in [5.74, 6) is 0. The lowest BCUT2D eigenvalue weighted by Crippen LogP contribution is -2.23. The molecule has 0 aliphatic rings. The molecule has 0 radical (unpaired) electrons. The molecule has 0 aliphatic heterocycles. The van der Waals surface area contributed by atoms with Gasteiger partial charge in [-0.25, -0.2) is 0 Å². The molecule has 0 saturated carbocycles. The van der Waals surface area contributed by atoms with Crippen molar-refractivity contribution < 1.29 is 0 Å². The van der Waals surface area contributed by atoms with Gasteiger partial charge < -0.3 is 10.6 Å². The maximum Gasteiger partial charge on any atom is 0.0749 e. The fourth-order valence-electron chi connectivity index (χ4n) is 1.92. The third-order valence-electron chi connectivity index (χ3n) is 2.82. The van der Waals surface area contributed by atoms with E-state index in [0.717, 1.165) is 17.9 Å². The van der Waals surface area contributed by atoms with Crippen molar-refractivity contribution in [2.45, 2.75) is 13.5 Å². The third-order valence-corrected chi connectivity index (χ3v) is 3.39. The van der Waals surface area contributed by atoms with Crippen molar-refractivity contribution in [3.63, 3.8) is 0 Å². The second-order valence-corrected chi connectivity index (χ2v) is 4.98. The molecule has 0 spiro atoms. The summed E-state index contributed by atoms with van der Waals surface area (Å²) in [6.45, 7) is 3.48. The summed E-state index contributed by atoms with van der Waals surface area (Å²) in [7, 11) is 0. The molecule has 0 amide bonds. The summed E-state index contributed by atoms with van der Waals surface area (Å²) in [6.07, 6.45) is 1.77. The number of benzene rings is 1. The number of anilines is 2. The molecule has 100 valence electrons. The molecule has 2 rings (SSSR count). The van der Waals surface area contributed by atoms with Gasteiger partial charge in [0.25, 0.3) is 0 Å². The fraction of sp³-hybridized carbons (Fsp3) is 0.214. The Bertz CT molecular complexity index is 535. The summed E-state index contributed by atoms with van der Waals surface area (Å²) < 4.78 is 0. The van der Waals surface area contributed by atoms with E-state index in [4.69, 9.17) is 28.9 Å². The van der Waals surface area contributed by atoms with Crippen molar-refractivity contribution in [2.24, 2.45) is 0 Å². The smallest absolute Gasteiger partial charge is 0.0749 e. The first-order valence-electron chi connectivity index (χ1n) is 6.01. The van der Waals surface area contributed by atoms with E-state index < -0.39 is 0 Å². The molecule has 0 aliphatic carbocycles. The Hall–Kier alpha value is -1.45. The second kappa shape index (κ2) is 6.13. The van der Waals surface area contributed by atoms with E-state index in [1.165, 1.54) is 0 Å². The molecule has 0 atom stereocenters. The highest BCUT2D eigenvalue weighted by Gasteiger charge is 2.14. The monoisotopic (exact) mass is 295 g/mol. The van der Waals surface area contributed by atoms with Crippen LogP contribution in [0.5, 0.6) is 0 Å². The third kappa shape index (κ3) is 3.31. The Labute approximate surface area is 123 Å². The van der Waals surface area contributed by atoms with Gasteiger partial charge in [-0.15, -0.1) is 0 Å². The lowest BCUT2D eigenvalue weighted by atomic mass is 10.2. The predicted octanol–water partition coefficient (Wildman–Crippen LogP) is 4.00. The quantitative estimate of drug-likeness (QED) is 0.867. The molecular weight excluding hydrogens is 281 g/mol. The minimum atomic E-state index is 0.558. The minimum Gasteiger partial charge on any atom is -0.399 e. The molecule has 1 aromatic heterocycles. The van der Waals surface area contributed by atoms with Gasteiger partial charge in [-0.2, -0.15) is 0 Å². The average Bonchev–Trinajstić information content (AvgIpc) is 2.37. The van der Waals surface area contributed by atoms with Crippen LogP contribution in [0.15, 0.2) is 36.5 Å². The van der Waals surface area contributed by atoms with E-state index >= 15 is 0 Å². The number of hydrogen-bond donors (Lipinski definition) is 1. The number of rotatable bonds is 4. The van der Waals surface area contributed by atoms with Crippen LogP contribution in [0, 0.1) is 0 Å². The number of nitrogens with two attached hydrogens (primary N) is 1. The lowest BCUT2D eigenvalue weighted by Gasteiger charge is -2.25. The van der Waals surface area contributed by atoms with E-state index in [0.29, 0.717) is 22.3 Å². The average molecular weight is 296 g/mol. The van der Waals surface area contributed by atoms with E-state index in [9.17, 15) is 0 Å². The molecule has 1 aromatic carbocycles. The van der Waals surface area contributed by atoms with Crippen molar-refractivity contribution in [2.75, 3.05) is 17.2 Å². The molecular formula is C14H15Cl2N3. The minimum absolute atomic E-state index is 0.558. The zero-order valence-electron chi connectivity index (χ0n) is 10.6. The van der Waals surface area contributed by atoms with E-state index in [2.05, 4.69) is 9.88 Å². The van der Waals surface area contributed by atoms with E-state index in [1.807, 2.05) is 25.1 Å². The van der Waals surface area contributed by atoms with Crippen LogP contribution in [-0.4, -0.2) is 11.5 Å². The number of aromatic nitrogens is 1. The van der Waals surface area contributed by atoms with Crippen LogP contribution in [0.2, 0.25) is 10.0 Å². The molecule has 5 heteroatoms. The van der Waals surface area contributed by atoms with Gasteiger partial charge in [0.1, 0.15) is 0 Å². The van der Waals surface area contributed by atoms with Crippen molar-refractivity contribution >= 4 is 34.6 Å². The molecule has 19 heavy (non-hydrogen) atoms. The van der Waals surface area contributed by atoms with Crippen LogP contribution in [0.25, 0.3) is 0 Å². The second-order valence-electron chi connectivity index (χ2n) is 4.17. The lowest BCUT2D eigenvalue weighted by molar-refractivity contribution is 0.810. The summed E-state index contributed by atoms with van der Waals surface area (Å²) in [6, 6.07) is 9.25. The van der Waals surface area contributed by atoms with Crippen LogP contribution in [0.1, 0.15) is 12.6 Å². The molecule has 1 heterocycles. The number of hydrogen-bond acceptors (Lipinski definition) is 3. The fourth-order valence-corrected chi connectivity index (χ4v) is 2.67. The number of nitrogens with zero attached hydrogens (tertiary/aromatic N) is 2. The topological polar surface area (TPSA) is 42.2 Å². The van der Waals surface area contributed by atoms with Gasteiger partial charge >= 0.3 is 0 Å². The summed E-state index contributed by atoms with van der Waals surface area (Å²) in [5, 5.41) is 1.12. The SMILES string of the molecule is CCN(Cc1ccccn1)c1c(Cl)cc(N)cc1Cl. The number of pyridine rings is 1. The summed E-state index contributed by atoms with van der Waals surface area (Å²) >= 11 is 12.5. The molecule has 0 fully saturated rings. The molecule has 2 aromatic rings. The van der Waals surface area contributed by atoms with Crippen LogP contribution >= 0.6 is 23.2 Å². The van der Waals surface area contributed by atoms with Crippen molar-refractivity contribution in [3.8, 4) is 0 Å². The largest absolute Gasteiger partial charge is 0.399 e.